The van der Waals surface area contributed by atoms with Crippen molar-refractivity contribution >= 4 is 11.4 Å². The quantitative estimate of drug-likeness (QED) is 0.788. The van der Waals surface area contributed by atoms with E-state index in [0.29, 0.717) is 24.3 Å². The Bertz CT molecular complexity index is 389. The molecule has 1 saturated heterocycles. The predicted octanol–water partition coefficient (Wildman–Crippen LogP) is 2.50. The van der Waals surface area contributed by atoms with E-state index in [1.165, 1.54) is 0 Å². The molecular weight excluding hydrogens is 228 g/mol. The summed E-state index contributed by atoms with van der Waals surface area (Å²) in [5.41, 5.74) is 7.58. The first kappa shape index (κ1) is 13.0. The molecule has 0 spiro atoms. The third-order valence-corrected chi connectivity index (χ3v) is 3.38. The third kappa shape index (κ3) is 3.07. The largest absolute Gasteiger partial charge is 0.492 e. The molecule has 100 valence electrons. The lowest BCUT2D eigenvalue weighted by Gasteiger charge is -2.21. The number of benzene rings is 1. The smallest absolute Gasteiger partial charge is 0.144 e. The minimum absolute atomic E-state index is 0.394. The van der Waals surface area contributed by atoms with Gasteiger partial charge in [-0.3, -0.25) is 0 Å². The molecule has 1 aromatic rings. The summed E-state index contributed by atoms with van der Waals surface area (Å²) >= 11 is 0. The van der Waals surface area contributed by atoms with Crippen LogP contribution in [0.1, 0.15) is 20.3 Å². The summed E-state index contributed by atoms with van der Waals surface area (Å²) in [5, 5.41) is 3.49. The maximum atomic E-state index is 5.86. The van der Waals surface area contributed by atoms with Gasteiger partial charge >= 0.3 is 0 Å². The van der Waals surface area contributed by atoms with E-state index in [4.69, 9.17) is 15.2 Å². The highest BCUT2D eigenvalue weighted by atomic mass is 16.5. The summed E-state index contributed by atoms with van der Waals surface area (Å²) in [6.07, 6.45) is 1.13. The van der Waals surface area contributed by atoms with Gasteiger partial charge < -0.3 is 20.5 Å². The van der Waals surface area contributed by atoms with E-state index in [-0.39, 0.29) is 0 Å². The lowest BCUT2D eigenvalue weighted by atomic mass is 10.0. The Hall–Kier alpha value is -1.42. The van der Waals surface area contributed by atoms with Gasteiger partial charge in [0.1, 0.15) is 5.75 Å². The SMILES string of the molecule is CCOc1cc(NC(C)C2CCOC2)ccc1N. The molecule has 0 bridgehead atoms. The Labute approximate surface area is 108 Å². The highest BCUT2D eigenvalue weighted by Crippen LogP contribution is 2.27. The first-order chi connectivity index (χ1) is 8.70. The van der Waals surface area contributed by atoms with Gasteiger partial charge in [-0.1, -0.05) is 0 Å². The summed E-state index contributed by atoms with van der Waals surface area (Å²) in [4.78, 5) is 0. The molecule has 1 fully saturated rings. The fraction of sp³-hybridized carbons (Fsp3) is 0.571. The van der Waals surface area contributed by atoms with Gasteiger partial charge in [-0.05, 0) is 32.4 Å². The van der Waals surface area contributed by atoms with E-state index in [9.17, 15) is 0 Å². The fourth-order valence-electron chi connectivity index (χ4n) is 2.23. The minimum Gasteiger partial charge on any atom is -0.492 e. The maximum absolute atomic E-state index is 5.86. The van der Waals surface area contributed by atoms with Gasteiger partial charge in [0, 0.05) is 30.3 Å². The van der Waals surface area contributed by atoms with E-state index >= 15 is 0 Å². The Morgan fingerprint density at radius 2 is 2.39 bits per heavy atom. The number of nitrogens with two attached hydrogens (primary N) is 1. The van der Waals surface area contributed by atoms with Crippen LogP contribution in [0.15, 0.2) is 18.2 Å². The van der Waals surface area contributed by atoms with Crippen LogP contribution in [0.3, 0.4) is 0 Å². The molecule has 4 nitrogen and oxygen atoms in total. The van der Waals surface area contributed by atoms with Crippen LogP contribution >= 0.6 is 0 Å². The zero-order valence-electron chi connectivity index (χ0n) is 11.1. The zero-order valence-corrected chi connectivity index (χ0v) is 11.1. The number of hydrogen-bond acceptors (Lipinski definition) is 4. The van der Waals surface area contributed by atoms with Crippen molar-refractivity contribution < 1.29 is 9.47 Å². The van der Waals surface area contributed by atoms with Crippen molar-refractivity contribution in [3.63, 3.8) is 0 Å². The van der Waals surface area contributed by atoms with Crippen molar-refractivity contribution in [1.82, 2.24) is 0 Å². The number of nitrogens with one attached hydrogen (secondary N) is 1. The summed E-state index contributed by atoms with van der Waals surface area (Å²) in [7, 11) is 0. The molecule has 2 atom stereocenters. The van der Waals surface area contributed by atoms with Gasteiger partial charge in [0.15, 0.2) is 0 Å². The molecule has 0 saturated carbocycles. The van der Waals surface area contributed by atoms with Gasteiger partial charge in [-0.2, -0.15) is 0 Å². The zero-order chi connectivity index (χ0) is 13.0. The molecule has 0 aliphatic carbocycles. The highest BCUT2D eigenvalue weighted by Gasteiger charge is 2.22. The van der Waals surface area contributed by atoms with Crippen molar-refractivity contribution in [1.29, 1.82) is 0 Å². The van der Waals surface area contributed by atoms with Crippen LogP contribution in [0.5, 0.6) is 5.75 Å². The molecule has 4 heteroatoms. The summed E-state index contributed by atoms with van der Waals surface area (Å²) in [5.74, 6) is 1.33. The molecular formula is C14H22N2O2. The standard InChI is InChI=1S/C14H22N2O2/c1-3-18-14-8-12(4-5-13(14)15)16-10(2)11-6-7-17-9-11/h4-5,8,10-11,16H,3,6-7,9,15H2,1-2H3. The Morgan fingerprint density at radius 3 is 3.06 bits per heavy atom. The number of nitrogen functional groups attached to an aromatic ring is 1. The van der Waals surface area contributed by atoms with Gasteiger partial charge in [0.05, 0.1) is 18.9 Å². The fourth-order valence-corrected chi connectivity index (χ4v) is 2.23. The lowest BCUT2D eigenvalue weighted by molar-refractivity contribution is 0.183. The predicted molar refractivity (Wildman–Crippen MR) is 74.0 cm³/mol. The van der Waals surface area contributed by atoms with E-state index in [1.807, 2.05) is 25.1 Å². The number of rotatable bonds is 5. The van der Waals surface area contributed by atoms with Crippen LogP contribution in [-0.2, 0) is 4.74 Å². The molecule has 0 amide bonds. The molecule has 1 aliphatic rings. The van der Waals surface area contributed by atoms with E-state index in [2.05, 4.69) is 12.2 Å². The summed E-state index contributed by atoms with van der Waals surface area (Å²) < 4.78 is 10.9. The molecule has 1 aromatic carbocycles. The Kier molecular flexibility index (Phi) is 4.31. The van der Waals surface area contributed by atoms with Crippen molar-refractivity contribution in [2.45, 2.75) is 26.3 Å². The molecule has 3 N–H and O–H groups in total. The van der Waals surface area contributed by atoms with Gasteiger partial charge in [-0.15, -0.1) is 0 Å². The van der Waals surface area contributed by atoms with E-state index in [1.54, 1.807) is 0 Å². The van der Waals surface area contributed by atoms with Crippen LogP contribution in [0.25, 0.3) is 0 Å². The molecule has 1 aliphatic heterocycles. The van der Waals surface area contributed by atoms with Crippen molar-refractivity contribution in [3.8, 4) is 5.75 Å². The van der Waals surface area contributed by atoms with E-state index in [0.717, 1.165) is 31.1 Å². The van der Waals surface area contributed by atoms with Crippen LogP contribution in [0.4, 0.5) is 11.4 Å². The summed E-state index contributed by atoms with van der Waals surface area (Å²) in [6.45, 7) is 6.50. The first-order valence-electron chi connectivity index (χ1n) is 6.57. The molecule has 18 heavy (non-hydrogen) atoms. The Balaban J connectivity index is 2.01. The van der Waals surface area contributed by atoms with Crippen LogP contribution in [-0.4, -0.2) is 25.9 Å². The van der Waals surface area contributed by atoms with Gasteiger partial charge in [0.2, 0.25) is 0 Å². The monoisotopic (exact) mass is 250 g/mol. The normalized spacial score (nSPS) is 20.7. The molecule has 2 rings (SSSR count). The lowest BCUT2D eigenvalue weighted by Crippen LogP contribution is -2.26. The maximum Gasteiger partial charge on any atom is 0.144 e. The molecule has 0 radical (unpaired) electrons. The van der Waals surface area contributed by atoms with Crippen LogP contribution in [0.2, 0.25) is 0 Å². The third-order valence-electron chi connectivity index (χ3n) is 3.38. The minimum atomic E-state index is 0.394. The van der Waals surface area contributed by atoms with Crippen LogP contribution < -0.4 is 15.8 Å². The molecule has 2 unspecified atom stereocenters. The topological polar surface area (TPSA) is 56.5 Å². The van der Waals surface area contributed by atoms with Crippen molar-refractivity contribution in [2.24, 2.45) is 5.92 Å². The molecule has 1 heterocycles. The van der Waals surface area contributed by atoms with Crippen molar-refractivity contribution in [3.05, 3.63) is 18.2 Å². The van der Waals surface area contributed by atoms with E-state index < -0.39 is 0 Å². The van der Waals surface area contributed by atoms with Crippen molar-refractivity contribution in [2.75, 3.05) is 30.9 Å². The highest BCUT2D eigenvalue weighted by molar-refractivity contribution is 5.61. The summed E-state index contributed by atoms with van der Waals surface area (Å²) in [6, 6.07) is 6.23. The second-order valence-electron chi connectivity index (χ2n) is 4.74. The Morgan fingerprint density at radius 1 is 1.56 bits per heavy atom. The second-order valence-corrected chi connectivity index (χ2v) is 4.74. The van der Waals surface area contributed by atoms with Crippen LogP contribution in [0, 0.1) is 5.92 Å². The number of ether oxygens (including phenoxy) is 2. The average molecular weight is 250 g/mol. The molecule has 0 aromatic heterocycles. The number of hydrogen-bond donors (Lipinski definition) is 2. The van der Waals surface area contributed by atoms with Gasteiger partial charge in [0.25, 0.3) is 0 Å². The average Bonchev–Trinajstić information content (AvgIpc) is 2.87. The number of anilines is 2. The second kappa shape index (κ2) is 5.96. The first-order valence-corrected chi connectivity index (χ1v) is 6.57. The van der Waals surface area contributed by atoms with Gasteiger partial charge in [-0.25, -0.2) is 0 Å².